The first-order valence-corrected chi connectivity index (χ1v) is 6.43. The van der Waals surface area contributed by atoms with Crippen LogP contribution in [0.5, 0.6) is 0 Å². The molecule has 0 saturated carbocycles. The summed E-state index contributed by atoms with van der Waals surface area (Å²) in [6.45, 7) is 15.4. The first-order chi connectivity index (χ1) is 7.59. The van der Waals surface area contributed by atoms with Gasteiger partial charge in [0.1, 0.15) is 5.78 Å². The number of carbonyl (C=O) groups is 2. The maximum absolute atomic E-state index is 10.8. The predicted molar refractivity (Wildman–Crippen MR) is 72.8 cm³/mol. The molecule has 17 heavy (non-hydrogen) atoms. The van der Waals surface area contributed by atoms with Gasteiger partial charge in [-0.2, -0.15) is 0 Å². The summed E-state index contributed by atoms with van der Waals surface area (Å²) < 4.78 is 0. The van der Waals surface area contributed by atoms with Crippen LogP contribution in [0.15, 0.2) is 0 Å². The van der Waals surface area contributed by atoms with Crippen LogP contribution < -0.4 is 5.32 Å². The van der Waals surface area contributed by atoms with Gasteiger partial charge in [-0.1, -0.05) is 41.5 Å². The van der Waals surface area contributed by atoms with Crippen molar-refractivity contribution in [3.8, 4) is 0 Å². The van der Waals surface area contributed by atoms with Crippen LogP contribution in [0.1, 0.15) is 55.4 Å². The average molecular weight is 243 g/mol. The highest BCUT2D eigenvalue weighted by Crippen LogP contribution is 2.03. The predicted octanol–water partition coefficient (Wildman–Crippen LogP) is 3.03. The molecule has 0 heterocycles. The minimum atomic E-state index is 0.104. The van der Waals surface area contributed by atoms with Crippen molar-refractivity contribution in [2.45, 2.75) is 61.4 Å². The van der Waals surface area contributed by atoms with E-state index in [1.807, 2.05) is 55.4 Å². The van der Waals surface area contributed by atoms with Crippen molar-refractivity contribution in [1.82, 2.24) is 5.32 Å². The molecule has 3 heteroatoms. The normalized spacial score (nSPS) is 10.6. The topological polar surface area (TPSA) is 46.2 Å². The van der Waals surface area contributed by atoms with Gasteiger partial charge in [0, 0.05) is 23.8 Å². The Hall–Kier alpha value is -0.860. The molecular formula is C14H29NO2. The summed E-state index contributed by atoms with van der Waals surface area (Å²) >= 11 is 0. The Morgan fingerprint density at radius 3 is 1.12 bits per heavy atom. The summed E-state index contributed by atoms with van der Waals surface area (Å²) in [5.74, 6) is 0.993. The number of Topliss-reactive ketones (excluding diaryl/α,β-unsaturated/α-hetero) is 1. The average Bonchev–Trinajstić information content (AvgIpc) is 2.15. The molecule has 3 nitrogen and oxygen atoms in total. The van der Waals surface area contributed by atoms with Crippen LogP contribution in [-0.4, -0.2) is 17.7 Å². The highest BCUT2D eigenvalue weighted by Gasteiger charge is 2.10. The van der Waals surface area contributed by atoms with Crippen LogP contribution >= 0.6 is 0 Å². The molecule has 0 bridgehead atoms. The molecule has 0 radical (unpaired) electrons. The lowest BCUT2D eigenvalue weighted by molar-refractivity contribution is -0.125. The minimum Gasteiger partial charge on any atom is -0.354 e. The van der Waals surface area contributed by atoms with E-state index in [1.165, 1.54) is 0 Å². The van der Waals surface area contributed by atoms with Crippen molar-refractivity contribution < 1.29 is 9.59 Å². The second kappa shape index (κ2) is 9.20. The highest BCUT2D eigenvalue weighted by molar-refractivity contribution is 5.82. The van der Waals surface area contributed by atoms with Crippen LogP contribution in [0.2, 0.25) is 0 Å². The summed E-state index contributed by atoms with van der Waals surface area (Å²) in [6, 6.07) is 0.264. The van der Waals surface area contributed by atoms with Crippen LogP contribution in [0, 0.1) is 17.8 Å². The molecular weight excluding hydrogens is 214 g/mol. The second-order valence-electron chi connectivity index (χ2n) is 5.53. The number of carbonyl (C=O) groups excluding carboxylic acids is 2. The molecule has 0 aliphatic rings. The lowest BCUT2D eigenvalue weighted by Crippen LogP contribution is -2.33. The van der Waals surface area contributed by atoms with Crippen molar-refractivity contribution in [2.75, 3.05) is 0 Å². The van der Waals surface area contributed by atoms with Gasteiger partial charge in [0.25, 0.3) is 0 Å². The number of amides is 1. The van der Waals surface area contributed by atoms with Crippen LogP contribution in [0.3, 0.4) is 0 Å². The van der Waals surface area contributed by atoms with Gasteiger partial charge >= 0.3 is 0 Å². The van der Waals surface area contributed by atoms with E-state index in [-0.39, 0.29) is 29.7 Å². The lowest BCUT2D eigenvalue weighted by atomic mass is 9.99. The van der Waals surface area contributed by atoms with Crippen LogP contribution in [-0.2, 0) is 9.59 Å². The van der Waals surface area contributed by atoms with E-state index in [0.29, 0.717) is 5.78 Å². The third-order valence-corrected chi connectivity index (χ3v) is 2.09. The molecule has 0 saturated heterocycles. The lowest BCUT2D eigenvalue weighted by Gasteiger charge is -2.09. The molecule has 1 N–H and O–H groups in total. The summed E-state index contributed by atoms with van der Waals surface area (Å²) in [7, 11) is 0. The molecule has 0 aromatic rings. The Labute approximate surface area is 106 Å². The van der Waals surface area contributed by atoms with Gasteiger partial charge in [0.05, 0.1) is 0 Å². The van der Waals surface area contributed by atoms with Crippen molar-refractivity contribution in [3.63, 3.8) is 0 Å². The van der Waals surface area contributed by atoms with Crippen molar-refractivity contribution in [1.29, 1.82) is 0 Å². The number of hydrogen-bond donors (Lipinski definition) is 1. The zero-order valence-corrected chi connectivity index (χ0v) is 12.6. The SMILES string of the molecule is CC(C)C(=O)C(C)C.CC(C)NC(=O)C(C)C. The van der Waals surface area contributed by atoms with E-state index in [0.717, 1.165) is 0 Å². The van der Waals surface area contributed by atoms with E-state index in [2.05, 4.69) is 5.32 Å². The number of hydrogen-bond acceptors (Lipinski definition) is 2. The van der Waals surface area contributed by atoms with Gasteiger partial charge in [-0.05, 0) is 13.8 Å². The molecule has 0 aromatic carbocycles. The van der Waals surface area contributed by atoms with Gasteiger partial charge in [-0.3, -0.25) is 9.59 Å². The zero-order chi connectivity index (χ0) is 14.2. The summed E-state index contributed by atoms with van der Waals surface area (Å²) in [6.07, 6.45) is 0. The van der Waals surface area contributed by atoms with Crippen molar-refractivity contribution in [3.05, 3.63) is 0 Å². The Bertz CT molecular complexity index is 220. The molecule has 0 aliphatic heterocycles. The third kappa shape index (κ3) is 11.4. The fourth-order valence-electron chi connectivity index (χ4n) is 1.12. The van der Waals surface area contributed by atoms with E-state index in [1.54, 1.807) is 0 Å². The number of rotatable bonds is 4. The largest absolute Gasteiger partial charge is 0.354 e. The Morgan fingerprint density at radius 2 is 1.06 bits per heavy atom. The molecule has 0 unspecified atom stereocenters. The Morgan fingerprint density at radius 1 is 0.706 bits per heavy atom. The molecule has 0 aromatic heterocycles. The summed E-state index contributed by atoms with van der Waals surface area (Å²) in [4.78, 5) is 21.7. The number of nitrogens with one attached hydrogen (secondary N) is 1. The van der Waals surface area contributed by atoms with Crippen LogP contribution in [0.4, 0.5) is 0 Å². The summed E-state index contributed by atoms with van der Waals surface area (Å²) in [5.41, 5.74) is 0. The monoisotopic (exact) mass is 243 g/mol. The van der Waals surface area contributed by atoms with Gasteiger partial charge in [-0.15, -0.1) is 0 Å². The van der Waals surface area contributed by atoms with Gasteiger partial charge < -0.3 is 5.32 Å². The van der Waals surface area contributed by atoms with Gasteiger partial charge in [-0.25, -0.2) is 0 Å². The minimum absolute atomic E-state index is 0.104. The van der Waals surface area contributed by atoms with Gasteiger partial charge in [0.15, 0.2) is 0 Å². The second-order valence-corrected chi connectivity index (χ2v) is 5.53. The molecule has 0 fully saturated rings. The Balaban J connectivity index is 0. The van der Waals surface area contributed by atoms with E-state index in [4.69, 9.17) is 0 Å². The summed E-state index contributed by atoms with van der Waals surface area (Å²) in [5, 5.41) is 2.80. The van der Waals surface area contributed by atoms with Crippen molar-refractivity contribution >= 4 is 11.7 Å². The molecule has 102 valence electrons. The highest BCUT2D eigenvalue weighted by atomic mass is 16.2. The third-order valence-electron chi connectivity index (χ3n) is 2.09. The maximum Gasteiger partial charge on any atom is 0.222 e. The molecule has 0 spiro atoms. The first-order valence-electron chi connectivity index (χ1n) is 6.43. The molecule has 0 rings (SSSR count). The Kier molecular flexibility index (Phi) is 10.0. The van der Waals surface area contributed by atoms with E-state index in [9.17, 15) is 9.59 Å². The molecule has 0 atom stereocenters. The molecule has 0 aliphatic carbocycles. The standard InChI is InChI=1S/C7H15NO.C7H14O/c1-5(2)7(9)8-6(3)4;1-5(2)7(8)6(3)4/h5-6H,1-4H3,(H,8,9);5-6H,1-4H3. The van der Waals surface area contributed by atoms with E-state index >= 15 is 0 Å². The van der Waals surface area contributed by atoms with E-state index < -0.39 is 0 Å². The van der Waals surface area contributed by atoms with Gasteiger partial charge in [0.2, 0.25) is 5.91 Å². The quantitative estimate of drug-likeness (QED) is 0.825. The molecule has 1 amide bonds. The van der Waals surface area contributed by atoms with Crippen LogP contribution in [0.25, 0.3) is 0 Å². The smallest absolute Gasteiger partial charge is 0.222 e. The fraction of sp³-hybridized carbons (Fsp3) is 0.857. The number of ketones is 1. The maximum atomic E-state index is 10.8. The zero-order valence-electron chi connectivity index (χ0n) is 12.6. The van der Waals surface area contributed by atoms with Crippen molar-refractivity contribution in [2.24, 2.45) is 17.8 Å². The fourth-order valence-corrected chi connectivity index (χ4v) is 1.12. The first kappa shape index (κ1) is 18.5.